The van der Waals surface area contributed by atoms with E-state index in [2.05, 4.69) is 16.0 Å². The first-order valence-corrected chi connectivity index (χ1v) is 8.05. The number of hydrogen-bond acceptors (Lipinski definition) is 3. The van der Waals surface area contributed by atoms with E-state index in [4.69, 9.17) is 11.6 Å². The molecule has 0 aliphatic carbocycles. The maximum Gasteiger partial charge on any atom is 0.247 e. The lowest BCUT2D eigenvalue weighted by Gasteiger charge is -2.27. The fourth-order valence-corrected chi connectivity index (χ4v) is 2.79. The van der Waals surface area contributed by atoms with Gasteiger partial charge in [0.05, 0.1) is 28.5 Å². The summed E-state index contributed by atoms with van der Waals surface area (Å²) in [6.07, 6.45) is 0.0173. The Morgan fingerprint density at radius 3 is 2.54 bits per heavy atom. The van der Waals surface area contributed by atoms with Crippen LogP contribution in [0, 0.1) is 13.8 Å². The number of nitrogens with one attached hydrogen (secondary N) is 3. The van der Waals surface area contributed by atoms with Gasteiger partial charge in [-0.25, -0.2) is 0 Å². The first-order chi connectivity index (χ1) is 11.4. The van der Waals surface area contributed by atoms with Crippen molar-refractivity contribution in [1.82, 2.24) is 0 Å². The highest BCUT2D eigenvalue weighted by Gasteiger charge is 2.28. The minimum Gasteiger partial charge on any atom is -0.372 e. The minimum absolute atomic E-state index is 0.0173. The largest absolute Gasteiger partial charge is 0.372 e. The Hall–Kier alpha value is -2.53. The smallest absolute Gasteiger partial charge is 0.247 e. The van der Waals surface area contributed by atoms with Crippen molar-refractivity contribution in [3.05, 3.63) is 52.5 Å². The summed E-state index contributed by atoms with van der Waals surface area (Å²) in [5.41, 5.74) is 4.33. The van der Waals surface area contributed by atoms with Crippen LogP contribution in [0.1, 0.15) is 17.5 Å². The van der Waals surface area contributed by atoms with Gasteiger partial charge in [-0.05, 0) is 49.2 Å². The van der Waals surface area contributed by atoms with Crippen molar-refractivity contribution in [3.8, 4) is 0 Å². The van der Waals surface area contributed by atoms with Gasteiger partial charge in [-0.2, -0.15) is 0 Å². The number of carbonyl (C=O) groups excluding carboxylic acids is 2. The monoisotopic (exact) mass is 343 g/mol. The molecule has 3 N–H and O–H groups in total. The highest BCUT2D eigenvalue weighted by Crippen LogP contribution is 2.30. The molecule has 3 rings (SSSR count). The van der Waals surface area contributed by atoms with Crippen LogP contribution in [0.4, 0.5) is 17.1 Å². The molecule has 6 heteroatoms. The summed E-state index contributed by atoms with van der Waals surface area (Å²) in [7, 11) is 0. The van der Waals surface area contributed by atoms with Crippen LogP contribution in [0.5, 0.6) is 0 Å². The number of halogens is 1. The van der Waals surface area contributed by atoms with Crippen LogP contribution >= 0.6 is 11.6 Å². The quantitative estimate of drug-likeness (QED) is 0.795. The lowest BCUT2D eigenvalue weighted by molar-refractivity contribution is -0.122. The molecule has 124 valence electrons. The summed E-state index contributed by atoms with van der Waals surface area (Å²) in [5, 5.41) is 9.18. The zero-order valence-electron chi connectivity index (χ0n) is 13.4. The van der Waals surface area contributed by atoms with E-state index in [1.54, 1.807) is 24.3 Å². The molecule has 0 saturated heterocycles. The Morgan fingerprint density at radius 1 is 1.17 bits per heavy atom. The fourth-order valence-electron chi connectivity index (χ4n) is 2.61. The fraction of sp³-hybridized carbons (Fsp3) is 0.222. The Kier molecular flexibility index (Phi) is 4.44. The molecule has 24 heavy (non-hydrogen) atoms. The standard InChI is InChI=1S/C18H18ClN3O2/c1-10-7-14-15(8-11(10)2)22-18(24)16(20-14)9-17(23)21-13-6-4-3-5-12(13)19/h3-8,16,20H,9H2,1-2H3,(H,21,23)(H,22,24). The van der Waals surface area contributed by atoms with Crippen LogP contribution in [0.25, 0.3) is 0 Å². The second kappa shape index (κ2) is 6.53. The van der Waals surface area contributed by atoms with Crippen LogP contribution in [-0.2, 0) is 9.59 Å². The molecule has 0 bridgehead atoms. The number of rotatable bonds is 3. The van der Waals surface area contributed by atoms with E-state index in [9.17, 15) is 9.59 Å². The summed E-state index contributed by atoms with van der Waals surface area (Å²) in [6.45, 7) is 4.00. The average molecular weight is 344 g/mol. The molecule has 2 aromatic rings. The Bertz CT molecular complexity index is 820. The van der Waals surface area contributed by atoms with Crippen LogP contribution in [0.2, 0.25) is 5.02 Å². The van der Waals surface area contributed by atoms with Gasteiger partial charge in [-0.1, -0.05) is 23.7 Å². The van der Waals surface area contributed by atoms with E-state index in [1.165, 1.54) is 0 Å². The van der Waals surface area contributed by atoms with Crippen molar-refractivity contribution in [3.63, 3.8) is 0 Å². The third-order valence-electron chi connectivity index (χ3n) is 4.08. The van der Waals surface area contributed by atoms with E-state index in [-0.39, 0.29) is 18.2 Å². The number of hydrogen-bond donors (Lipinski definition) is 3. The van der Waals surface area contributed by atoms with Gasteiger partial charge < -0.3 is 16.0 Å². The molecular weight excluding hydrogens is 326 g/mol. The molecule has 1 atom stereocenters. The molecule has 0 saturated carbocycles. The molecule has 1 unspecified atom stereocenters. The van der Waals surface area contributed by atoms with Gasteiger partial charge in [0.25, 0.3) is 0 Å². The molecule has 0 aromatic heterocycles. The number of anilines is 3. The number of para-hydroxylation sites is 1. The van der Waals surface area contributed by atoms with E-state index >= 15 is 0 Å². The van der Waals surface area contributed by atoms with E-state index in [1.807, 2.05) is 26.0 Å². The first kappa shape index (κ1) is 16.3. The van der Waals surface area contributed by atoms with Gasteiger partial charge >= 0.3 is 0 Å². The summed E-state index contributed by atoms with van der Waals surface area (Å²) in [5.74, 6) is -0.497. The molecule has 0 spiro atoms. The SMILES string of the molecule is Cc1cc2c(cc1C)NC(CC(=O)Nc1ccccc1Cl)C(=O)N2. The molecule has 0 radical (unpaired) electrons. The van der Waals surface area contributed by atoms with Crippen molar-refractivity contribution in [2.45, 2.75) is 26.3 Å². The Labute approximate surface area is 145 Å². The first-order valence-electron chi connectivity index (χ1n) is 7.67. The summed E-state index contributed by atoms with van der Waals surface area (Å²) >= 11 is 6.03. The van der Waals surface area contributed by atoms with Gasteiger partial charge in [0, 0.05) is 0 Å². The van der Waals surface area contributed by atoms with E-state index in [0.29, 0.717) is 10.7 Å². The van der Waals surface area contributed by atoms with Crippen molar-refractivity contribution in [2.24, 2.45) is 0 Å². The molecular formula is C18H18ClN3O2. The summed E-state index contributed by atoms with van der Waals surface area (Å²) in [4.78, 5) is 24.5. The van der Waals surface area contributed by atoms with E-state index in [0.717, 1.165) is 22.5 Å². The molecule has 5 nitrogen and oxygen atoms in total. The number of carbonyl (C=O) groups is 2. The Morgan fingerprint density at radius 2 is 1.83 bits per heavy atom. The van der Waals surface area contributed by atoms with Crippen LogP contribution in [0.15, 0.2) is 36.4 Å². The van der Waals surface area contributed by atoms with Crippen LogP contribution < -0.4 is 16.0 Å². The predicted molar refractivity (Wildman–Crippen MR) is 96.7 cm³/mol. The molecule has 1 heterocycles. The van der Waals surface area contributed by atoms with Gasteiger partial charge in [-0.3, -0.25) is 9.59 Å². The van der Waals surface area contributed by atoms with Gasteiger partial charge in [-0.15, -0.1) is 0 Å². The third-order valence-corrected chi connectivity index (χ3v) is 4.41. The summed E-state index contributed by atoms with van der Waals surface area (Å²) < 4.78 is 0. The average Bonchev–Trinajstić information content (AvgIpc) is 2.52. The van der Waals surface area contributed by atoms with Crippen LogP contribution in [-0.4, -0.2) is 17.9 Å². The summed E-state index contributed by atoms with van der Waals surface area (Å²) in [6, 6.07) is 10.3. The maximum atomic E-state index is 12.2. The molecule has 1 aliphatic rings. The van der Waals surface area contributed by atoms with Crippen molar-refractivity contribution in [2.75, 3.05) is 16.0 Å². The zero-order valence-corrected chi connectivity index (χ0v) is 14.2. The highest BCUT2D eigenvalue weighted by atomic mass is 35.5. The zero-order chi connectivity index (χ0) is 17.3. The van der Waals surface area contributed by atoms with Gasteiger partial charge in [0.15, 0.2) is 0 Å². The number of aryl methyl sites for hydroxylation is 2. The lowest BCUT2D eigenvalue weighted by Crippen LogP contribution is -2.41. The van der Waals surface area contributed by atoms with Gasteiger partial charge in [0.2, 0.25) is 11.8 Å². The number of fused-ring (bicyclic) bond motifs is 1. The third kappa shape index (κ3) is 3.36. The second-order valence-electron chi connectivity index (χ2n) is 5.90. The van der Waals surface area contributed by atoms with Gasteiger partial charge in [0.1, 0.15) is 6.04 Å². The minimum atomic E-state index is -0.623. The normalized spacial score (nSPS) is 16.0. The topological polar surface area (TPSA) is 70.2 Å². The molecule has 2 amide bonds. The number of benzene rings is 2. The highest BCUT2D eigenvalue weighted by molar-refractivity contribution is 6.33. The molecule has 0 fully saturated rings. The Balaban J connectivity index is 1.71. The van der Waals surface area contributed by atoms with Crippen LogP contribution in [0.3, 0.4) is 0 Å². The second-order valence-corrected chi connectivity index (χ2v) is 6.31. The van der Waals surface area contributed by atoms with Crippen molar-refractivity contribution in [1.29, 1.82) is 0 Å². The van der Waals surface area contributed by atoms with Crippen molar-refractivity contribution < 1.29 is 9.59 Å². The lowest BCUT2D eigenvalue weighted by atomic mass is 10.0. The molecule has 1 aliphatic heterocycles. The number of amides is 2. The predicted octanol–water partition coefficient (Wildman–Crippen LogP) is 3.72. The van der Waals surface area contributed by atoms with E-state index < -0.39 is 6.04 Å². The van der Waals surface area contributed by atoms with Crippen molar-refractivity contribution >= 4 is 40.5 Å². The molecule has 2 aromatic carbocycles. The maximum absolute atomic E-state index is 12.2.